The number of benzene rings is 1. The predicted molar refractivity (Wildman–Crippen MR) is 46.9 cm³/mol. The molecule has 4 heteroatoms. The fourth-order valence-electron chi connectivity index (χ4n) is 1.26. The van der Waals surface area contributed by atoms with E-state index in [-0.39, 0.29) is 5.75 Å². The number of rotatable bonds is 0. The molecule has 0 aliphatic carbocycles. The Morgan fingerprint density at radius 1 is 1.50 bits per heavy atom. The van der Waals surface area contributed by atoms with E-state index < -0.39 is 0 Å². The number of H-pyrrole nitrogens is 1. The van der Waals surface area contributed by atoms with Crippen molar-refractivity contribution in [3.8, 4) is 5.75 Å². The predicted octanol–water partition coefficient (Wildman–Crippen LogP) is 1.16. The van der Waals surface area contributed by atoms with Gasteiger partial charge in [0.2, 0.25) is 0 Å². The maximum absolute atomic E-state index is 9.44. The second kappa shape index (κ2) is 2.14. The Morgan fingerprint density at radius 2 is 2.25 bits per heavy atom. The average molecular weight is 163 g/mol. The van der Waals surface area contributed by atoms with E-state index >= 15 is 0 Å². The number of nitrogens with one attached hydrogen (secondary N) is 1. The smallest absolute Gasteiger partial charge is 0.153 e. The van der Waals surface area contributed by atoms with Crippen LogP contribution in [0.1, 0.15) is 5.56 Å². The van der Waals surface area contributed by atoms with Crippen molar-refractivity contribution < 1.29 is 5.11 Å². The molecule has 2 aromatic rings. The molecule has 0 amide bonds. The number of phenolic OH excluding ortho intramolecular Hbond substituents is 1. The van der Waals surface area contributed by atoms with Crippen molar-refractivity contribution in [3.05, 3.63) is 17.7 Å². The third-order valence-corrected chi connectivity index (χ3v) is 1.83. The van der Waals surface area contributed by atoms with Gasteiger partial charge in [-0.25, -0.2) is 0 Å². The van der Waals surface area contributed by atoms with E-state index in [1.54, 1.807) is 6.07 Å². The van der Waals surface area contributed by atoms with Crippen LogP contribution in [-0.2, 0) is 0 Å². The molecule has 12 heavy (non-hydrogen) atoms. The summed E-state index contributed by atoms with van der Waals surface area (Å²) in [5.41, 5.74) is 7.12. The van der Waals surface area contributed by atoms with Crippen LogP contribution in [0.5, 0.6) is 5.75 Å². The first kappa shape index (κ1) is 6.97. The number of aromatic hydroxyl groups is 1. The molecule has 0 radical (unpaired) electrons. The van der Waals surface area contributed by atoms with Crippen molar-refractivity contribution in [1.29, 1.82) is 0 Å². The van der Waals surface area contributed by atoms with Gasteiger partial charge in [0.1, 0.15) is 11.3 Å². The normalized spacial score (nSPS) is 10.8. The van der Waals surface area contributed by atoms with Crippen LogP contribution < -0.4 is 5.73 Å². The molecule has 0 unspecified atom stereocenters. The molecule has 0 aliphatic heterocycles. The van der Waals surface area contributed by atoms with Crippen LogP contribution in [0, 0.1) is 6.92 Å². The Balaban J connectivity index is 2.92. The maximum atomic E-state index is 9.44. The SMILES string of the molecule is Cc1cc(O)c2[nH]nc(N)c2c1. The van der Waals surface area contributed by atoms with Crippen molar-refractivity contribution >= 4 is 16.7 Å². The molecule has 0 fully saturated rings. The van der Waals surface area contributed by atoms with Gasteiger partial charge in [0.15, 0.2) is 5.82 Å². The summed E-state index contributed by atoms with van der Waals surface area (Å²) >= 11 is 0. The van der Waals surface area contributed by atoms with Gasteiger partial charge in [0.05, 0.1) is 0 Å². The number of fused-ring (bicyclic) bond motifs is 1. The summed E-state index contributed by atoms with van der Waals surface area (Å²) in [5.74, 6) is 0.609. The minimum absolute atomic E-state index is 0.189. The molecule has 0 spiro atoms. The van der Waals surface area contributed by atoms with Crippen LogP contribution in [0.3, 0.4) is 0 Å². The van der Waals surface area contributed by atoms with Crippen LogP contribution >= 0.6 is 0 Å². The topological polar surface area (TPSA) is 74.9 Å². The summed E-state index contributed by atoms with van der Waals surface area (Å²) < 4.78 is 0. The molecule has 0 saturated heterocycles. The van der Waals surface area contributed by atoms with Gasteiger partial charge < -0.3 is 10.8 Å². The van der Waals surface area contributed by atoms with E-state index in [0.717, 1.165) is 10.9 Å². The lowest BCUT2D eigenvalue weighted by molar-refractivity contribution is 0.480. The van der Waals surface area contributed by atoms with Gasteiger partial charge in [0.25, 0.3) is 0 Å². The molecule has 4 N–H and O–H groups in total. The highest BCUT2D eigenvalue weighted by molar-refractivity contribution is 5.93. The number of nitrogen functional groups attached to an aromatic ring is 1. The molecule has 62 valence electrons. The molecule has 0 bridgehead atoms. The lowest BCUT2D eigenvalue weighted by Crippen LogP contribution is -1.83. The standard InChI is InChI=1S/C8H9N3O/c1-4-2-5-7(6(12)3-4)10-11-8(5)9/h2-3,12H,1H3,(H3,9,10,11). The fraction of sp³-hybridized carbons (Fsp3) is 0.125. The Hall–Kier alpha value is -1.71. The zero-order valence-electron chi connectivity index (χ0n) is 6.63. The van der Waals surface area contributed by atoms with E-state index in [1.807, 2.05) is 13.0 Å². The Bertz CT molecular complexity index is 433. The first-order valence-electron chi connectivity index (χ1n) is 3.61. The molecule has 1 aromatic heterocycles. The van der Waals surface area contributed by atoms with Gasteiger partial charge in [0, 0.05) is 5.39 Å². The highest BCUT2D eigenvalue weighted by atomic mass is 16.3. The summed E-state index contributed by atoms with van der Waals surface area (Å²) in [4.78, 5) is 0. The van der Waals surface area contributed by atoms with Crippen molar-refractivity contribution in [2.24, 2.45) is 0 Å². The third kappa shape index (κ3) is 0.812. The van der Waals surface area contributed by atoms with E-state index in [1.165, 1.54) is 0 Å². The minimum atomic E-state index is 0.189. The summed E-state index contributed by atoms with van der Waals surface area (Å²) in [6.45, 7) is 1.89. The van der Waals surface area contributed by atoms with Crippen LogP contribution in [-0.4, -0.2) is 15.3 Å². The Kier molecular flexibility index (Phi) is 1.24. The zero-order chi connectivity index (χ0) is 8.72. The molecule has 1 heterocycles. The van der Waals surface area contributed by atoms with Gasteiger partial charge in [-0.3, -0.25) is 5.10 Å². The van der Waals surface area contributed by atoms with E-state index in [2.05, 4.69) is 10.2 Å². The summed E-state index contributed by atoms with van der Waals surface area (Å²) in [5, 5.41) is 16.7. The highest BCUT2D eigenvalue weighted by Crippen LogP contribution is 2.27. The number of hydrogen-bond acceptors (Lipinski definition) is 3. The second-order valence-electron chi connectivity index (χ2n) is 2.82. The van der Waals surface area contributed by atoms with Gasteiger partial charge in [-0.1, -0.05) is 0 Å². The van der Waals surface area contributed by atoms with Crippen molar-refractivity contribution in [2.45, 2.75) is 6.92 Å². The first-order chi connectivity index (χ1) is 5.68. The molecule has 0 aliphatic rings. The number of aryl methyl sites for hydroxylation is 1. The number of nitrogens with two attached hydrogens (primary N) is 1. The molecular weight excluding hydrogens is 154 g/mol. The average Bonchev–Trinajstić information content (AvgIpc) is 2.33. The highest BCUT2D eigenvalue weighted by Gasteiger charge is 2.06. The number of phenols is 1. The number of nitrogens with zero attached hydrogens (tertiary/aromatic N) is 1. The largest absolute Gasteiger partial charge is 0.506 e. The quantitative estimate of drug-likeness (QED) is 0.545. The van der Waals surface area contributed by atoms with Gasteiger partial charge in [-0.15, -0.1) is 0 Å². The van der Waals surface area contributed by atoms with Crippen LogP contribution in [0.15, 0.2) is 12.1 Å². The first-order valence-corrected chi connectivity index (χ1v) is 3.61. The molecule has 1 aromatic carbocycles. The third-order valence-electron chi connectivity index (χ3n) is 1.83. The summed E-state index contributed by atoms with van der Waals surface area (Å²) in [7, 11) is 0. The number of anilines is 1. The summed E-state index contributed by atoms with van der Waals surface area (Å²) in [6.07, 6.45) is 0. The molecular formula is C8H9N3O. The molecule has 0 saturated carbocycles. The van der Waals surface area contributed by atoms with E-state index in [0.29, 0.717) is 11.3 Å². The van der Waals surface area contributed by atoms with Gasteiger partial charge >= 0.3 is 0 Å². The monoisotopic (exact) mass is 163 g/mol. The Labute approximate surface area is 69.0 Å². The van der Waals surface area contributed by atoms with Gasteiger partial charge in [-0.2, -0.15) is 5.10 Å². The number of aromatic amines is 1. The van der Waals surface area contributed by atoms with E-state index in [9.17, 15) is 5.11 Å². The molecule has 0 atom stereocenters. The Morgan fingerprint density at radius 3 is 3.00 bits per heavy atom. The summed E-state index contributed by atoms with van der Waals surface area (Å²) in [6, 6.07) is 3.55. The van der Waals surface area contributed by atoms with Crippen molar-refractivity contribution in [2.75, 3.05) is 5.73 Å². The van der Waals surface area contributed by atoms with Gasteiger partial charge in [-0.05, 0) is 24.6 Å². The number of aromatic nitrogens is 2. The van der Waals surface area contributed by atoms with E-state index in [4.69, 9.17) is 5.73 Å². The maximum Gasteiger partial charge on any atom is 0.153 e. The fourth-order valence-corrected chi connectivity index (χ4v) is 1.26. The van der Waals surface area contributed by atoms with Crippen molar-refractivity contribution in [1.82, 2.24) is 10.2 Å². The minimum Gasteiger partial charge on any atom is -0.506 e. The van der Waals surface area contributed by atoms with Crippen LogP contribution in [0.4, 0.5) is 5.82 Å². The lowest BCUT2D eigenvalue weighted by Gasteiger charge is -1.96. The van der Waals surface area contributed by atoms with Crippen LogP contribution in [0.25, 0.3) is 10.9 Å². The van der Waals surface area contributed by atoms with Crippen LogP contribution in [0.2, 0.25) is 0 Å². The molecule has 4 nitrogen and oxygen atoms in total. The molecule has 2 rings (SSSR count). The number of hydrogen-bond donors (Lipinski definition) is 3. The lowest BCUT2D eigenvalue weighted by atomic mass is 10.1. The zero-order valence-corrected chi connectivity index (χ0v) is 6.63. The van der Waals surface area contributed by atoms with Crippen molar-refractivity contribution in [3.63, 3.8) is 0 Å². The second-order valence-corrected chi connectivity index (χ2v) is 2.82.